The molecule has 0 radical (unpaired) electrons. The molecule has 0 N–H and O–H groups in total. The minimum Gasteiger partial charge on any atom is -0.462 e. The van der Waals surface area contributed by atoms with Crippen LogP contribution in [0, 0.1) is 11.8 Å². The summed E-state index contributed by atoms with van der Waals surface area (Å²) in [6.45, 7) is 11.4. The maximum absolute atomic E-state index is 12.9. The van der Waals surface area contributed by atoms with Crippen LogP contribution < -0.4 is 0 Å². The van der Waals surface area contributed by atoms with Crippen molar-refractivity contribution < 1.29 is 28.6 Å². The number of carbonyl (C=O) groups excluding carboxylic acids is 3. The zero-order valence-corrected chi connectivity index (χ0v) is 45.3. The molecular weight excluding hydrogens is 817 g/mol. The van der Waals surface area contributed by atoms with Crippen LogP contribution in [0.1, 0.15) is 336 Å². The Balaban J connectivity index is 4.29. The topological polar surface area (TPSA) is 78.9 Å². The van der Waals surface area contributed by atoms with Crippen molar-refractivity contribution in [2.75, 3.05) is 13.2 Å². The summed E-state index contributed by atoms with van der Waals surface area (Å²) in [5.74, 6) is 0.869. The van der Waals surface area contributed by atoms with E-state index in [9.17, 15) is 14.4 Å². The van der Waals surface area contributed by atoms with Crippen LogP contribution in [0.15, 0.2) is 0 Å². The largest absolute Gasteiger partial charge is 0.462 e. The maximum Gasteiger partial charge on any atom is 0.306 e. The Labute approximate surface area is 412 Å². The van der Waals surface area contributed by atoms with Gasteiger partial charge in [-0.25, -0.2) is 0 Å². The molecule has 0 amide bonds. The molecule has 0 aliphatic heterocycles. The van der Waals surface area contributed by atoms with Crippen molar-refractivity contribution in [2.45, 2.75) is 343 Å². The summed E-state index contributed by atoms with van der Waals surface area (Å²) in [6.07, 6.45) is 56.6. The Bertz CT molecular complexity index is 1010. The molecule has 0 aromatic rings. The number of ether oxygens (including phenoxy) is 3. The van der Waals surface area contributed by atoms with Gasteiger partial charge in [0, 0.05) is 19.3 Å². The molecule has 0 saturated heterocycles. The van der Waals surface area contributed by atoms with Gasteiger partial charge in [-0.1, -0.05) is 298 Å². The molecule has 0 rings (SSSR count). The first kappa shape index (κ1) is 64.4. The standard InChI is InChI=1S/C60H116O6/c1-6-8-9-10-11-12-13-14-15-16-17-18-21-24-30-35-40-45-50-58(61)64-53-57(66-60(63)52-47-42-37-32-27-26-29-34-39-44-49-56(5)7-2)54-65-59(62)51-46-41-36-31-25-22-19-20-23-28-33-38-43-48-55(3)4/h55-57H,6-54H2,1-5H3/t56?,57-/m0/s1. The minimum atomic E-state index is -0.763. The Kier molecular flexibility index (Phi) is 51.5. The van der Waals surface area contributed by atoms with Gasteiger partial charge in [0.15, 0.2) is 6.10 Å². The highest BCUT2D eigenvalue weighted by Gasteiger charge is 2.19. The van der Waals surface area contributed by atoms with E-state index in [0.717, 1.165) is 69.6 Å². The lowest BCUT2D eigenvalue weighted by Crippen LogP contribution is -2.30. The average Bonchev–Trinajstić information content (AvgIpc) is 3.30. The monoisotopic (exact) mass is 933 g/mol. The molecular formula is C60H116O6. The van der Waals surface area contributed by atoms with Gasteiger partial charge >= 0.3 is 17.9 Å². The molecule has 6 heteroatoms. The average molecular weight is 934 g/mol. The van der Waals surface area contributed by atoms with Crippen LogP contribution in [0.2, 0.25) is 0 Å². The lowest BCUT2D eigenvalue weighted by atomic mass is 9.99. The number of rotatable bonds is 54. The maximum atomic E-state index is 12.9. The number of unbranched alkanes of at least 4 members (excludes halogenated alkanes) is 38. The fraction of sp³-hybridized carbons (Fsp3) is 0.950. The molecule has 66 heavy (non-hydrogen) atoms. The smallest absolute Gasteiger partial charge is 0.306 e. The molecule has 0 spiro atoms. The van der Waals surface area contributed by atoms with Gasteiger partial charge in [0.05, 0.1) is 0 Å². The summed E-state index contributed by atoms with van der Waals surface area (Å²) in [5.41, 5.74) is 0. The second kappa shape index (κ2) is 52.8. The molecule has 0 aromatic heterocycles. The fourth-order valence-corrected chi connectivity index (χ4v) is 9.20. The Morgan fingerprint density at radius 3 is 0.864 bits per heavy atom. The summed E-state index contributed by atoms with van der Waals surface area (Å²) < 4.78 is 16.9. The summed E-state index contributed by atoms with van der Waals surface area (Å²) in [5, 5.41) is 0. The molecule has 0 aliphatic rings. The van der Waals surface area contributed by atoms with Crippen LogP contribution in [-0.2, 0) is 28.6 Å². The van der Waals surface area contributed by atoms with Crippen molar-refractivity contribution in [1.29, 1.82) is 0 Å². The first-order chi connectivity index (χ1) is 32.3. The van der Waals surface area contributed by atoms with E-state index in [1.807, 2.05) is 0 Å². The first-order valence-corrected chi connectivity index (χ1v) is 29.8. The van der Waals surface area contributed by atoms with Gasteiger partial charge in [0.2, 0.25) is 0 Å². The SMILES string of the molecule is CCCCCCCCCCCCCCCCCCCCC(=O)OC[C@@H](COC(=O)CCCCCCCCCCCCCCCC(C)C)OC(=O)CCCCCCCCCCCCC(C)CC. The van der Waals surface area contributed by atoms with Gasteiger partial charge in [-0.15, -0.1) is 0 Å². The van der Waals surface area contributed by atoms with E-state index in [1.54, 1.807) is 0 Å². The second-order valence-electron chi connectivity index (χ2n) is 21.4. The molecule has 0 aromatic carbocycles. The summed E-state index contributed by atoms with van der Waals surface area (Å²) >= 11 is 0. The number of hydrogen-bond acceptors (Lipinski definition) is 6. The summed E-state index contributed by atoms with van der Waals surface area (Å²) in [4.78, 5) is 38.2. The van der Waals surface area contributed by atoms with Gasteiger partial charge in [-0.2, -0.15) is 0 Å². The van der Waals surface area contributed by atoms with Crippen LogP contribution in [0.3, 0.4) is 0 Å². The summed E-state index contributed by atoms with van der Waals surface area (Å²) in [7, 11) is 0. The predicted molar refractivity (Wildman–Crippen MR) is 284 cm³/mol. The third-order valence-corrected chi connectivity index (χ3v) is 14.1. The van der Waals surface area contributed by atoms with Crippen LogP contribution in [0.25, 0.3) is 0 Å². The Hall–Kier alpha value is -1.59. The highest BCUT2D eigenvalue weighted by Crippen LogP contribution is 2.19. The molecule has 2 atom stereocenters. The van der Waals surface area contributed by atoms with Crippen molar-refractivity contribution in [1.82, 2.24) is 0 Å². The van der Waals surface area contributed by atoms with Gasteiger partial charge in [0.25, 0.3) is 0 Å². The van der Waals surface area contributed by atoms with Gasteiger partial charge in [-0.05, 0) is 31.1 Å². The first-order valence-electron chi connectivity index (χ1n) is 29.8. The zero-order chi connectivity index (χ0) is 48.2. The van der Waals surface area contributed by atoms with Crippen molar-refractivity contribution in [3.8, 4) is 0 Å². The molecule has 392 valence electrons. The molecule has 0 fully saturated rings. The predicted octanol–water partition coefficient (Wildman–Crippen LogP) is 19.7. The second-order valence-corrected chi connectivity index (χ2v) is 21.4. The van der Waals surface area contributed by atoms with Gasteiger partial charge < -0.3 is 14.2 Å². The normalized spacial score (nSPS) is 12.5. The van der Waals surface area contributed by atoms with Crippen molar-refractivity contribution in [3.63, 3.8) is 0 Å². The fourth-order valence-electron chi connectivity index (χ4n) is 9.20. The third kappa shape index (κ3) is 51.8. The Morgan fingerprint density at radius 2 is 0.576 bits per heavy atom. The van der Waals surface area contributed by atoms with Gasteiger partial charge in [-0.3, -0.25) is 14.4 Å². The van der Waals surface area contributed by atoms with Crippen LogP contribution >= 0.6 is 0 Å². The van der Waals surface area contributed by atoms with Crippen LogP contribution in [0.4, 0.5) is 0 Å². The Morgan fingerprint density at radius 1 is 0.318 bits per heavy atom. The molecule has 6 nitrogen and oxygen atoms in total. The van der Waals surface area contributed by atoms with Gasteiger partial charge in [0.1, 0.15) is 13.2 Å². The molecule has 0 bridgehead atoms. The summed E-state index contributed by atoms with van der Waals surface area (Å²) in [6, 6.07) is 0. The number of esters is 3. The minimum absolute atomic E-state index is 0.0627. The zero-order valence-electron chi connectivity index (χ0n) is 45.3. The van der Waals surface area contributed by atoms with Crippen molar-refractivity contribution in [2.24, 2.45) is 11.8 Å². The van der Waals surface area contributed by atoms with E-state index in [2.05, 4.69) is 34.6 Å². The highest BCUT2D eigenvalue weighted by atomic mass is 16.6. The lowest BCUT2D eigenvalue weighted by Gasteiger charge is -2.18. The molecule has 0 saturated carbocycles. The van der Waals surface area contributed by atoms with E-state index in [1.165, 1.54) is 225 Å². The van der Waals surface area contributed by atoms with E-state index in [0.29, 0.717) is 19.3 Å². The number of carbonyl (C=O) groups is 3. The van der Waals surface area contributed by atoms with Crippen molar-refractivity contribution >= 4 is 17.9 Å². The van der Waals surface area contributed by atoms with E-state index in [-0.39, 0.29) is 31.1 Å². The van der Waals surface area contributed by atoms with E-state index >= 15 is 0 Å². The molecule has 1 unspecified atom stereocenters. The van der Waals surface area contributed by atoms with Crippen LogP contribution in [0.5, 0.6) is 0 Å². The lowest BCUT2D eigenvalue weighted by molar-refractivity contribution is -0.167. The van der Waals surface area contributed by atoms with Crippen molar-refractivity contribution in [3.05, 3.63) is 0 Å². The highest BCUT2D eigenvalue weighted by molar-refractivity contribution is 5.71. The molecule has 0 aliphatic carbocycles. The van der Waals surface area contributed by atoms with Crippen LogP contribution in [-0.4, -0.2) is 37.2 Å². The molecule has 0 heterocycles. The number of hydrogen-bond donors (Lipinski definition) is 0. The van der Waals surface area contributed by atoms with E-state index in [4.69, 9.17) is 14.2 Å². The van der Waals surface area contributed by atoms with E-state index < -0.39 is 6.10 Å². The third-order valence-electron chi connectivity index (χ3n) is 14.1. The quantitative estimate of drug-likeness (QED) is 0.0343.